The van der Waals surface area contributed by atoms with Crippen LogP contribution in [0, 0.1) is 0 Å². The van der Waals surface area contributed by atoms with Crippen molar-refractivity contribution in [2.24, 2.45) is 0 Å². The minimum absolute atomic E-state index is 0.498. The summed E-state index contributed by atoms with van der Waals surface area (Å²) >= 11 is 31.4. The highest BCUT2D eigenvalue weighted by Crippen LogP contribution is 2.22. The maximum Gasteiger partial charge on any atom is 0.108 e. The van der Waals surface area contributed by atoms with Gasteiger partial charge in [0.1, 0.15) is 6.15 Å². The Bertz CT molecular complexity index is 1060. The molecule has 4 rings (SSSR count). The summed E-state index contributed by atoms with van der Waals surface area (Å²) in [7, 11) is 0. The van der Waals surface area contributed by atoms with Gasteiger partial charge in [-0.1, -0.05) is 107 Å². The van der Waals surface area contributed by atoms with Crippen LogP contribution in [0.25, 0.3) is 0 Å². The van der Waals surface area contributed by atoms with E-state index in [1.165, 1.54) is 0 Å². The van der Waals surface area contributed by atoms with Crippen LogP contribution in [0.1, 0.15) is 0 Å². The summed E-state index contributed by atoms with van der Waals surface area (Å²) < 4.78 is 0. The molecule has 0 bridgehead atoms. The average Bonchev–Trinajstić information content (AvgIpc) is 2.74. The van der Waals surface area contributed by atoms with E-state index in [0.29, 0.717) is 25.1 Å². The molecule has 0 saturated carbocycles. The molecule has 0 amide bonds. The van der Waals surface area contributed by atoms with Gasteiger partial charge in [0.15, 0.2) is 0 Å². The van der Waals surface area contributed by atoms with Crippen LogP contribution < -0.4 is 21.9 Å². The van der Waals surface area contributed by atoms with Crippen molar-refractivity contribution in [3.8, 4) is 0 Å². The Kier molecular flexibility index (Phi) is 6.39. The lowest BCUT2D eigenvalue weighted by atomic mass is 9.13. The van der Waals surface area contributed by atoms with E-state index in [1.807, 2.05) is 91.0 Å². The highest BCUT2D eigenvalue weighted by atomic mass is 35.5. The second kappa shape index (κ2) is 8.87. The van der Waals surface area contributed by atoms with Crippen LogP contribution in [0.2, 0.25) is 25.1 Å². The number of rotatable bonds is 4. The van der Waals surface area contributed by atoms with E-state index in [-0.39, 0.29) is 0 Å². The molecule has 0 heterocycles. The van der Waals surface area contributed by atoms with E-state index in [2.05, 4.69) is 0 Å². The van der Waals surface area contributed by atoms with Gasteiger partial charge in [-0.05, 0) is 42.5 Å². The lowest BCUT2D eigenvalue weighted by Crippen LogP contribution is -2.74. The molecule has 0 nitrogen and oxygen atoms in total. The zero-order valence-corrected chi connectivity index (χ0v) is 19.4. The molecule has 0 fully saturated rings. The van der Waals surface area contributed by atoms with Crippen LogP contribution >= 0.6 is 58.0 Å². The SMILES string of the molecule is Clc1ccc([B-](c2ccc(Cl)cc2)(c2ccc(Cl)cc2)c2ccc(Cl)c(Cl)c2)cc1. The second-order valence-corrected chi connectivity index (χ2v) is 9.32. The van der Waals surface area contributed by atoms with Crippen molar-refractivity contribution in [3.63, 3.8) is 0 Å². The van der Waals surface area contributed by atoms with Gasteiger partial charge in [0.05, 0.1) is 10.0 Å². The quantitative estimate of drug-likeness (QED) is 0.293. The third kappa shape index (κ3) is 3.98. The molecule has 0 aliphatic carbocycles. The molecule has 0 radical (unpaired) electrons. The van der Waals surface area contributed by atoms with Gasteiger partial charge in [-0.25, -0.2) is 0 Å². The fourth-order valence-electron chi connectivity index (χ4n) is 4.19. The van der Waals surface area contributed by atoms with Crippen LogP contribution in [0.4, 0.5) is 0 Å². The summed E-state index contributed by atoms with van der Waals surface area (Å²) in [6.45, 7) is 0. The van der Waals surface area contributed by atoms with Crippen molar-refractivity contribution in [1.82, 2.24) is 0 Å². The zero-order valence-electron chi connectivity index (χ0n) is 15.6. The molecule has 0 aliphatic rings. The number of benzene rings is 4. The Morgan fingerprint density at radius 2 is 0.700 bits per heavy atom. The highest BCUT2D eigenvalue weighted by Gasteiger charge is 2.32. The first-order valence-corrected chi connectivity index (χ1v) is 11.2. The molecule has 4 aromatic rings. The Balaban J connectivity index is 2.14. The highest BCUT2D eigenvalue weighted by molar-refractivity contribution is 7.20. The third-order valence-corrected chi connectivity index (χ3v) is 7.05. The van der Waals surface area contributed by atoms with E-state index in [0.717, 1.165) is 21.9 Å². The Labute approximate surface area is 201 Å². The second-order valence-electron chi connectivity index (χ2n) is 7.19. The summed E-state index contributed by atoms with van der Waals surface area (Å²) in [4.78, 5) is 0. The lowest BCUT2D eigenvalue weighted by molar-refractivity contribution is 1.66. The van der Waals surface area contributed by atoms with E-state index in [4.69, 9.17) is 58.0 Å². The van der Waals surface area contributed by atoms with Crippen molar-refractivity contribution >= 4 is 86.0 Å². The van der Waals surface area contributed by atoms with Crippen LogP contribution in [0.15, 0.2) is 91.0 Å². The van der Waals surface area contributed by atoms with E-state index >= 15 is 0 Å². The minimum Gasteiger partial charge on any atom is -0.195 e. The van der Waals surface area contributed by atoms with Gasteiger partial charge in [0.25, 0.3) is 0 Å². The molecule has 6 heteroatoms. The fraction of sp³-hybridized carbons (Fsp3) is 0. The molecule has 0 saturated heterocycles. The lowest BCUT2D eigenvalue weighted by Gasteiger charge is -2.44. The number of hydrogen-bond acceptors (Lipinski definition) is 0. The first-order chi connectivity index (χ1) is 14.4. The summed E-state index contributed by atoms with van der Waals surface area (Å²) in [6, 6.07) is 29.5. The van der Waals surface area contributed by atoms with Gasteiger partial charge in [-0.15, -0.1) is 0 Å². The van der Waals surface area contributed by atoms with Crippen molar-refractivity contribution < 1.29 is 0 Å². The Morgan fingerprint density at radius 1 is 0.367 bits per heavy atom. The number of hydrogen-bond donors (Lipinski definition) is 0. The van der Waals surface area contributed by atoms with Crippen molar-refractivity contribution in [3.05, 3.63) is 116 Å². The van der Waals surface area contributed by atoms with Crippen LogP contribution in [-0.2, 0) is 0 Å². The normalized spacial score (nSPS) is 11.5. The van der Waals surface area contributed by atoms with Crippen LogP contribution in [-0.4, -0.2) is 6.15 Å². The summed E-state index contributed by atoms with van der Waals surface area (Å²) in [6.07, 6.45) is -1.61. The molecule has 30 heavy (non-hydrogen) atoms. The largest absolute Gasteiger partial charge is 0.195 e. The molecular formula is C24H15BCl5-. The van der Waals surface area contributed by atoms with Crippen molar-refractivity contribution in [1.29, 1.82) is 0 Å². The van der Waals surface area contributed by atoms with Crippen LogP contribution in [0.3, 0.4) is 0 Å². The van der Waals surface area contributed by atoms with Gasteiger partial charge in [-0.3, -0.25) is 0 Å². The summed E-state index contributed by atoms with van der Waals surface area (Å²) in [5, 5.41) is 3.02. The fourth-order valence-corrected chi connectivity index (χ4v) is 4.88. The standard InChI is InChI=1S/C24H15BCl5/c26-20-8-1-16(2-9-20)25(17-3-10-21(27)11-4-17,18-5-12-22(28)13-6-18)19-7-14-23(29)24(30)15-19/h1-15H/q-1. The molecule has 0 unspecified atom stereocenters. The summed E-state index contributed by atoms with van der Waals surface area (Å²) in [5.41, 5.74) is 4.28. The molecule has 0 aliphatic heterocycles. The molecular weight excluding hydrogens is 476 g/mol. The molecule has 0 spiro atoms. The van der Waals surface area contributed by atoms with Gasteiger partial charge >= 0.3 is 0 Å². The Morgan fingerprint density at radius 3 is 1.03 bits per heavy atom. The number of halogens is 5. The third-order valence-electron chi connectivity index (χ3n) is 5.55. The zero-order chi connectivity index (χ0) is 21.3. The van der Waals surface area contributed by atoms with Crippen molar-refractivity contribution in [2.75, 3.05) is 0 Å². The van der Waals surface area contributed by atoms with Crippen LogP contribution in [0.5, 0.6) is 0 Å². The first kappa shape index (κ1) is 21.6. The topological polar surface area (TPSA) is 0 Å². The first-order valence-electron chi connectivity index (χ1n) is 9.30. The molecule has 4 aromatic carbocycles. The van der Waals surface area contributed by atoms with E-state index < -0.39 is 6.15 Å². The average molecular weight is 491 g/mol. The maximum absolute atomic E-state index is 6.47. The summed E-state index contributed by atoms with van der Waals surface area (Å²) in [5.74, 6) is 0. The molecule has 0 atom stereocenters. The smallest absolute Gasteiger partial charge is 0.108 e. The van der Waals surface area contributed by atoms with E-state index in [1.54, 1.807) is 0 Å². The predicted molar refractivity (Wildman–Crippen MR) is 135 cm³/mol. The van der Waals surface area contributed by atoms with Crippen molar-refractivity contribution in [2.45, 2.75) is 0 Å². The van der Waals surface area contributed by atoms with Gasteiger partial charge in [-0.2, -0.15) is 21.9 Å². The Hall–Kier alpha value is -1.61. The van der Waals surface area contributed by atoms with E-state index in [9.17, 15) is 0 Å². The monoisotopic (exact) mass is 489 g/mol. The van der Waals surface area contributed by atoms with Gasteiger partial charge in [0, 0.05) is 15.1 Å². The predicted octanol–water partition coefficient (Wildman–Crippen LogP) is 6.33. The molecule has 0 aromatic heterocycles. The van der Waals surface area contributed by atoms with Gasteiger partial charge < -0.3 is 0 Å². The molecule has 150 valence electrons. The maximum atomic E-state index is 6.47. The molecule has 0 N–H and O–H groups in total. The van der Waals surface area contributed by atoms with Gasteiger partial charge in [0.2, 0.25) is 0 Å². The minimum atomic E-state index is -1.61.